The van der Waals surface area contributed by atoms with Crippen molar-refractivity contribution in [3.05, 3.63) is 59.4 Å². The summed E-state index contributed by atoms with van der Waals surface area (Å²) in [5, 5.41) is 0. The maximum Gasteiger partial charge on any atom is 0.276 e. The van der Waals surface area contributed by atoms with E-state index in [9.17, 15) is 9.59 Å². The zero-order valence-corrected chi connectivity index (χ0v) is 11.2. The van der Waals surface area contributed by atoms with Crippen LogP contribution >= 0.6 is 0 Å². The number of hydrogen-bond donors (Lipinski definition) is 0. The van der Waals surface area contributed by atoms with Crippen LogP contribution in [0.4, 0.5) is 5.69 Å². The minimum absolute atomic E-state index is 0.0438. The normalized spacial score (nSPS) is 13.2. The molecule has 1 amide bonds. The molecular formula is C16H14N2O2. The Bertz CT molecular complexity index is 680. The highest BCUT2D eigenvalue weighted by molar-refractivity contribution is 6.06. The van der Waals surface area contributed by atoms with E-state index >= 15 is 0 Å². The minimum Gasteiger partial charge on any atom is -0.306 e. The topological polar surface area (TPSA) is 50.3 Å². The smallest absolute Gasteiger partial charge is 0.276 e. The van der Waals surface area contributed by atoms with E-state index in [1.54, 1.807) is 42.3 Å². The van der Waals surface area contributed by atoms with Crippen molar-refractivity contribution in [1.29, 1.82) is 0 Å². The number of carbonyl (C=O) groups is 2. The van der Waals surface area contributed by atoms with Crippen LogP contribution in [0, 0.1) is 0 Å². The minimum atomic E-state index is -0.0973. The monoisotopic (exact) mass is 266 g/mol. The summed E-state index contributed by atoms with van der Waals surface area (Å²) in [5.74, 6) is -0.0535. The summed E-state index contributed by atoms with van der Waals surface area (Å²) in [6.45, 7) is 2.18. The Hall–Kier alpha value is -2.49. The predicted molar refractivity (Wildman–Crippen MR) is 76.1 cm³/mol. The highest BCUT2D eigenvalue weighted by Gasteiger charge is 2.26. The lowest BCUT2D eigenvalue weighted by Gasteiger charge is -2.16. The number of anilines is 1. The summed E-state index contributed by atoms with van der Waals surface area (Å²) in [6.07, 6.45) is 2.39. The molecule has 0 radical (unpaired) electrons. The maximum atomic E-state index is 12.4. The van der Waals surface area contributed by atoms with E-state index in [0.717, 1.165) is 17.7 Å². The summed E-state index contributed by atoms with van der Waals surface area (Å²) < 4.78 is 0. The van der Waals surface area contributed by atoms with Crippen LogP contribution in [-0.4, -0.2) is 23.2 Å². The first-order chi connectivity index (χ1) is 9.66. The van der Waals surface area contributed by atoms with Crippen LogP contribution in [0.3, 0.4) is 0 Å². The first kappa shape index (κ1) is 12.5. The molecule has 0 aliphatic carbocycles. The molecule has 2 heterocycles. The second-order valence-corrected chi connectivity index (χ2v) is 4.82. The Kier molecular flexibility index (Phi) is 3.06. The van der Waals surface area contributed by atoms with Crippen molar-refractivity contribution >= 4 is 17.4 Å². The third-order valence-corrected chi connectivity index (χ3v) is 3.51. The molecule has 20 heavy (non-hydrogen) atoms. The average molecular weight is 266 g/mol. The molecular weight excluding hydrogens is 252 g/mol. The Morgan fingerprint density at radius 1 is 1.20 bits per heavy atom. The lowest BCUT2D eigenvalue weighted by Crippen LogP contribution is -2.29. The zero-order valence-electron chi connectivity index (χ0n) is 11.2. The number of rotatable bonds is 2. The standard InChI is InChI=1S/C16H14N2O2/c1-11(19)12-5-6-15-13(10-12)7-9-18(15)16(20)14-4-2-3-8-17-14/h2-6,8,10H,7,9H2,1H3. The van der Waals surface area contributed by atoms with Crippen LogP contribution in [0.25, 0.3) is 0 Å². The van der Waals surface area contributed by atoms with Crippen LogP contribution in [0.2, 0.25) is 0 Å². The molecule has 0 spiro atoms. The fourth-order valence-corrected chi connectivity index (χ4v) is 2.46. The number of fused-ring (bicyclic) bond motifs is 1. The van der Waals surface area contributed by atoms with E-state index in [4.69, 9.17) is 0 Å². The average Bonchev–Trinajstić information content (AvgIpc) is 2.90. The first-order valence-corrected chi connectivity index (χ1v) is 6.53. The van der Waals surface area contributed by atoms with Gasteiger partial charge < -0.3 is 4.90 Å². The maximum absolute atomic E-state index is 12.4. The first-order valence-electron chi connectivity index (χ1n) is 6.53. The number of pyridine rings is 1. The van der Waals surface area contributed by atoms with E-state index in [1.807, 2.05) is 12.1 Å². The second kappa shape index (κ2) is 4.89. The largest absolute Gasteiger partial charge is 0.306 e. The van der Waals surface area contributed by atoms with Crippen LogP contribution in [0.1, 0.15) is 33.3 Å². The van der Waals surface area contributed by atoms with Gasteiger partial charge in [0.25, 0.3) is 5.91 Å². The van der Waals surface area contributed by atoms with Gasteiger partial charge in [-0.2, -0.15) is 0 Å². The molecule has 1 aromatic carbocycles. The molecule has 100 valence electrons. The molecule has 0 bridgehead atoms. The van der Waals surface area contributed by atoms with Crippen molar-refractivity contribution in [2.45, 2.75) is 13.3 Å². The van der Waals surface area contributed by atoms with Gasteiger partial charge in [-0.25, -0.2) is 0 Å². The lowest BCUT2D eigenvalue weighted by molar-refractivity contribution is 0.0983. The SMILES string of the molecule is CC(=O)c1ccc2c(c1)CCN2C(=O)c1ccccn1. The highest BCUT2D eigenvalue weighted by Crippen LogP contribution is 2.30. The summed E-state index contributed by atoms with van der Waals surface area (Å²) >= 11 is 0. The van der Waals surface area contributed by atoms with Gasteiger partial charge in [-0.1, -0.05) is 6.07 Å². The molecule has 3 rings (SSSR count). The van der Waals surface area contributed by atoms with Crippen LogP contribution in [0.15, 0.2) is 42.6 Å². The van der Waals surface area contributed by atoms with E-state index in [0.29, 0.717) is 17.8 Å². The molecule has 0 N–H and O–H groups in total. The number of Topliss-reactive ketones (excluding diaryl/α,β-unsaturated/α-hetero) is 1. The Balaban J connectivity index is 1.94. The Labute approximate surface area is 117 Å². The van der Waals surface area contributed by atoms with Gasteiger partial charge in [0.05, 0.1) is 0 Å². The van der Waals surface area contributed by atoms with Crippen molar-refractivity contribution in [3.8, 4) is 0 Å². The molecule has 0 unspecified atom stereocenters. The number of aromatic nitrogens is 1. The molecule has 0 saturated heterocycles. The van der Waals surface area contributed by atoms with Crippen molar-refractivity contribution in [2.75, 3.05) is 11.4 Å². The van der Waals surface area contributed by atoms with Gasteiger partial charge in [0, 0.05) is 24.0 Å². The van der Waals surface area contributed by atoms with Crippen molar-refractivity contribution in [3.63, 3.8) is 0 Å². The molecule has 4 nitrogen and oxygen atoms in total. The Morgan fingerprint density at radius 3 is 2.75 bits per heavy atom. The molecule has 2 aromatic rings. The third kappa shape index (κ3) is 2.09. The quantitative estimate of drug-likeness (QED) is 0.785. The van der Waals surface area contributed by atoms with Crippen molar-refractivity contribution in [1.82, 2.24) is 4.98 Å². The molecule has 4 heteroatoms. The van der Waals surface area contributed by atoms with E-state index < -0.39 is 0 Å². The summed E-state index contributed by atoms with van der Waals surface area (Å²) in [4.78, 5) is 29.6. The van der Waals surface area contributed by atoms with E-state index in [-0.39, 0.29) is 11.7 Å². The van der Waals surface area contributed by atoms with Crippen LogP contribution in [-0.2, 0) is 6.42 Å². The molecule has 1 aliphatic rings. The lowest BCUT2D eigenvalue weighted by atomic mass is 10.1. The van der Waals surface area contributed by atoms with Crippen molar-refractivity contribution in [2.24, 2.45) is 0 Å². The fourth-order valence-electron chi connectivity index (χ4n) is 2.46. The van der Waals surface area contributed by atoms with Crippen molar-refractivity contribution < 1.29 is 9.59 Å². The van der Waals surface area contributed by atoms with Gasteiger partial charge in [-0.3, -0.25) is 14.6 Å². The molecule has 1 aromatic heterocycles. The summed E-state index contributed by atoms with van der Waals surface area (Å²) in [7, 11) is 0. The third-order valence-electron chi connectivity index (χ3n) is 3.51. The van der Waals surface area contributed by atoms with E-state index in [2.05, 4.69) is 4.98 Å². The van der Waals surface area contributed by atoms with Gasteiger partial charge >= 0.3 is 0 Å². The number of benzene rings is 1. The zero-order chi connectivity index (χ0) is 14.1. The predicted octanol–water partition coefficient (Wildman–Crippen LogP) is 2.49. The molecule has 1 aliphatic heterocycles. The number of amides is 1. The summed E-state index contributed by atoms with van der Waals surface area (Å²) in [5.41, 5.74) is 3.06. The van der Waals surface area contributed by atoms with Gasteiger partial charge in [0.15, 0.2) is 5.78 Å². The van der Waals surface area contributed by atoms with Gasteiger partial charge in [-0.15, -0.1) is 0 Å². The highest BCUT2D eigenvalue weighted by atomic mass is 16.2. The second-order valence-electron chi connectivity index (χ2n) is 4.82. The molecule has 0 atom stereocenters. The number of nitrogens with zero attached hydrogens (tertiary/aromatic N) is 2. The van der Waals surface area contributed by atoms with Crippen LogP contribution in [0.5, 0.6) is 0 Å². The summed E-state index contributed by atoms with van der Waals surface area (Å²) in [6, 6.07) is 10.8. The molecule has 0 saturated carbocycles. The van der Waals surface area contributed by atoms with Gasteiger partial charge in [-0.05, 0) is 49.2 Å². The van der Waals surface area contributed by atoms with Gasteiger partial charge in [0.1, 0.15) is 5.69 Å². The Morgan fingerprint density at radius 2 is 2.05 bits per heavy atom. The van der Waals surface area contributed by atoms with Gasteiger partial charge in [0.2, 0.25) is 0 Å². The molecule has 0 fully saturated rings. The van der Waals surface area contributed by atoms with Crippen LogP contribution < -0.4 is 4.90 Å². The van der Waals surface area contributed by atoms with E-state index in [1.165, 1.54) is 0 Å². The fraction of sp³-hybridized carbons (Fsp3) is 0.188. The number of hydrogen-bond acceptors (Lipinski definition) is 3. The number of ketones is 1. The number of carbonyl (C=O) groups excluding carboxylic acids is 2.